The molecule has 0 radical (unpaired) electrons. The number of alkyl halides is 3. The van der Waals surface area contributed by atoms with Crippen LogP contribution in [0.4, 0.5) is 28.6 Å². The van der Waals surface area contributed by atoms with Crippen LogP contribution in [0.2, 0.25) is 0 Å². The third kappa shape index (κ3) is 5.46. The Bertz CT molecular complexity index is 1550. The van der Waals surface area contributed by atoms with E-state index in [1.165, 1.54) is 41.7 Å². The molecule has 11 heteroatoms. The predicted octanol–water partition coefficient (Wildman–Crippen LogP) is 7.46. The molecule has 0 aliphatic rings. The normalized spacial score (nSPS) is 12.5. The topological polar surface area (TPSA) is 86.0 Å². The number of nitrogens with two attached hydrogens (primary N) is 1. The molecule has 6 nitrogen and oxygen atoms in total. The summed E-state index contributed by atoms with van der Waals surface area (Å²) in [6, 6.07) is 17.2. The van der Waals surface area contributed by atoms with Crippen LogP contribution in [0, 0.1) is 5.82 Å². The number of aromatic nitrogens is 3. The van der Waals surface area contributed by atoms with Gasteiger partial charge in [0.25, 0.3) is 0 Å². The summed E-state index contributed by atoms with van der Waals surface area (Å²) in [5.41, 5.74) is 7.22. The molecule has 5 aromatic rings. The van der Waals surface area contributed by atoms with Crippen molar-refractivity contribution in [3.8, 4) is 22.9 Å². The second-order valence-corrected chi connectivity index (χ2v) is 9.23. The van der Waals surface area contributed by atoms with Gasteiger partial charge >= 0.3 is 6.18 Å². The molecule has 0 bridgehead atoms. The Hall–Kier alpha value is -4.25. The zero-order valence-corrected chi connectivity index (χ0v) is 20.1. The van der Waals surface area contributed by atoms with Crippen LogP contribution in [0.25, 0.3) is 21.5 Å². The lowest BCUT2D eigenvalue weighted by atomic mass is 10.1. The highest BCUT2D eigenvalue weighted by Crippen LogP contribution is 2.35. The van der Waals surface area contributed by atoms with E-state index < -0.39 is 11.7 Å². The molecule has 1 atom stereocenters. The molecule has 0 aliphatic carbocycles. The van der Waals surface area contributed by atoms with Crippen LogP contribution in [-0.2, 0) is 6.18 Å². The van der Waals surface area contributed by atoms with Crippen molar-refractivity contribution < 1.29 is 22.3 Å². The third-order valence-electron chi connectivity index (χ3n) is 5.54. The van der Waals surface area contributed by atoms with Crippen LogP contribution in [0.1, 0.15) is 24.1 Å². The average molecular weight is 526 g/mol. The van der Waals surface area contributed by atoms with Crippen molar-refractivity contribution >= 4 is 32.6 Å². The number of fused-ring (bicyclic) bond motifs is 1. The number of thiazole rings is 1. The largest absolute Gasteiger partial charge is 0.437 e. The second-order valence-electron chi connectivity index (χ2n) is 8.16. The fourth-order valence-corrected chi connectivity index (χ4v) is 4.44. The molecule has 0 saturated heterocycles. The molecule has 0 saturated carbocycles. The van der Waals surface area contributed by atoms with Gasteiger partial charge < -0.3 is 15.8 Å². The van der Waals surface area contributed by atoms with E-state index in [9.17, 15) is 17.6 Å². The van der Waals surface area contributed by atoms with Gasteiger partial charge in [0.1, 0.15) is 11.3 Å². The molecule has 0 amide bonds. The van der Waals surface area contributed by atoms with Gasteiger partial charge in [-0.2, -0.15) is 18.2 Å². The Morgan fingerprint density at radius 3 is 2.38 bits per heavy atom. The van der Waals surface area contributed by atoms with Crippen molar-refractivity contribution in [1.29, 1.82) is 0 Å². The lowest BCUT2D eigenvalue weighted by molar-refractivity contribution is -0.137. The molecule has 0 spiro atoms. The zero-order valence-electron chi connectivity index (χ0n) is 19.3. The number of halogens is 4. The van der Waals surface area contributed by atoms with E-state index in [0.717, 1.165) is 22.4 Å². The Morgan fingerprint density at radius 1 is 0.946 bits per heavy atom. The number of anilines is 2. The van der Waals surface area contributed by atoms with E-state index in [0.29, 0.717) is 27.7 Å². The van der Waals surface area contributed by atoms with E-state index in [1.54, 1.807) is 24.3 Å². The van der Waals surface area contributed by atoms with Gasteiger partial charge in [-0.1, -0.05) is 41.7 Å². The molecule has 0 fully saturated rings. The lowest BCUT2D eigenvalue weighted by Crippen LogP contribution is -2.10. The highest BCUT2D eigenvalue weighted by atomic mass is 32.1. The molecule has 188 valence electrons. The number of nitrogens with zero attached hydrogens (tertiary/aromatic N) is 3. The van der Waals surface area contributed by atoms with Crippen LogP contribution in [-0.4, -0.2) is 15.0 Å². The molecule has 2 aromatic heterocycles. The van der Waals surface area contributed by atoms with Crippen molar-refractivity contribution in [3.05, 3.63) is 89.7 Å². The van der Waals surface area contributed by atoms with Crippen LogP contribution >= 0.6 is 11.3 Å². The van der Waals surface area contributed by atoms with Crippen LogP contribution in [0.5, 0.6) is 11.6 Å². The minimum absolute atomic E-state index is 0.151. The summed E-state index contributed by atoms with van der Waals surface area (Å²) in [4.78, 5) is 13.3. The minimum atomic E-state index is -4.45. The number of para-hydroxylation sites is 1. The fraction of sp³-hybridized carbons (Fsp3) is 0.115. The number of rotatable bonds is 6. The molecule has 2 heterocycles. The van der Waals surface area contributed by atoms with Gasteiger partial charge in [-0.3, -0.25) is 0 Å². The zero-order chi connectivity index (χ0) is 26.2. The van der Waals surface area contributed by atoms with Crippen LogP contribution in [0.15, 0.2) is 72.8 Å². The van der Waals surface area contributed by atoms with Crippen molar-refractivity contribution in [3.63, 3.8) is 0 Å². The van der Waals surface area contributed by atoms with Gasteiger partial charge in [-0.15, -0.1) is 0 Å². The first-order valence-electron chi connectivity index (χ1n) is 11.1. The van der Waals surface area contributed by atoms with Gasteiger partial charge in [-0.25, -0.2) is 14.4 Å². The number of hydrogen-bond acceptors (Lipinski definition) is 7. The monoisotopic (exact) mass is 525 g/mol. The van der Waals surface area contributed by atoms with Crippen molar-refractivity contribution in [2.75, 3.05) is 11.1 Å². The van der Waals surface area contributed by atoms with Gasteiger partial charge in [0.05, 0.1) is 22.0 Å². The maximum atomic E-state index is 13.3. The number of benzene rings is 3. The average Bonchev–Trinajstić information content (AvgIpc) is 3.25. The van der Waals surface area contributed by atoms with E-state index in [4.69, 9.17) is 10.5 Å². The Kier molecular flexibility index (Phi) is 6.38. The second kappa shape index (κ2) is 9.66. The first-order valence-corrected chi connectivity index (χ1v) is 11.9. The Labute approximate surface area is 212 Å². The van der Waals surface area contributed by atoms with Crippen molar-refractivity contribution in [2.24, 2.45) is 0 Å². The molecule has 5 rings (SSSR count). The minimum Gasteiger partial charge on any atom is -0.437 e. The van der Waals surface area contributed by atoms with E-state index >= 15 is 0 Å². The highest BCUT2D eigenvalue weighted by molar-refractivity contribution is 7.22. The molecule has 3 N–H and O–H groups in total. The van der Waals surface area contributed by atoms with Gasteiger partial charge in [0.15, 0.2) is 10.9 Å². The lowest BCUT2D eigenvalue weighted by Gasteiger charge is -2.16. The summed E-state index contributed by atoms with van der Waals surface area (Å²) in [5.74, 6) is 0.385. The Balaban J connectivity index is 1.53. The summed E-state index contributed by atoms with van der Waals surface area (Å²) >= 11 is 1.31. The smallest absolute Gasteiger partial charge is 0.416 e. The number of ether oxygens (including phenoxy) is 1. The summed E-state index contributed by atoms with van der Waals surface area (Å²) in [7, 11) is 0. The summed E-state index contributed by atoms with van der Waals surface area (Å²) in [6.45, 7) is 1.85. The summed E-state index contributed by atoms with van der Waals surface area (Å²) in [6.07, 6.45) is -4.45. The van der Waals surface area contributed by atoms with Crippen molar-refractivity contribution in [2.45, 2.75) is 19.1 Å². The SMILES string of the molecule is C[C@@H](Nc1nc(Oc2cccc3sc(N)nc23)cc(-c2ccc(C(F)(F)F)cc2)n1)c1ccc(F)cc1. The maximum absolute atomic E-state index is 13.3. The first kappa shape index (κ1) is 24.4. The number of nitrogen functional groups attached to an aromatic ring is 1. The number of hydrogen-bond donors (Lipinski definition) is 2. The van der Waals surface area contributed by atoms with Crippen molar-refractivity contribution in [1.82, 2.24) is 15.0 Å². The Morgan fingerprint density at radius 2 is 1.68 bits per heavy atom. The van der Waals surface area contributed by atoms with E-state index in [1.807, 2.05) is 13.0 Å². The molecular formula is C26H19F4N5OS. The number of nitrogens with one attached hydrogen (secondary N) is 1. The van der Waals surface area contributed by atoms with Crippen LogP contribution < -0.4 is 15.8 Å². The maximum Gasteiger partial charge on any atom is 0.416 e. The van der Waals surface area contributed by atoms with Gasteiger partial charge in [0, 0.05) is 11.6 Å². The van der Waals surface area contributed by atoms with E-state index in [-0.39, 0.29) is 23.7 Å². The molecule has 3 aromatic carbocycles. The molecular weight excluding hydrogens is 506 g/mol. The first-order chi connectivity index (χ1) is 17.7. The standard InChI is InChI=1S/C26H19F4N5OS/c1-14(15-7-11-18(27)12-8-15)32-25-33-19(16-5-9-17(10-6-16)26(28,29)30)13-22(34-25)36-20-3-2-4-21-23(20)35-24(31)37-21/h2-14H,1H3,(H2,31,35)(H,32,33,34)/t14-/m1/s1. The highest BCUT2D eigenvalue weighted by Gasteiger charge is 2.30. The van der Waals surface area contributed by atoms with Gasteiger partial charge in [-0.05, 0) is 48.9 Å². The molecule has 37 heavy (non-hydrogen) atoms. The molecule has 0 aliphatic heterocycles. The van der Waals surface area contributed by atoms with E-state index in [2.05, 4.69) is 20.3 Å². The van der Waals surface area contributed by atoms with Crippen LogP contribution in [0.3, 0.4) is 0 Å². The third-order valence-corrected chi connectivity index (χ3v) is 6.39. The van der Waals surface area contributed by atoms with Gasteiger partial charge in [0.2, 0.25) is 11.8 Å². The quantitative estimate of drug-likeness (QED) is 0.224. The molecule has 0 unspecified atom stereocenters. The fourth-order valence-electron chi connectivity index (χ4n) is 3.68. The summed E-state index contributed by atoms with van der Waals surface area (Å²) < 4.78 is 59.4. The predicted molar refractivity (Wildman–Crippen MR) is 135 cm³/mol. The summed E-state index contributed by atoms with van der Waals surface area (Å²) in [5, 5.41) is 3.54.